The summed E-state index contributed by atoms with van der Waals surface area (Å²) in [7, 11) is 0. The molecule has 1 aliphatic heterocycles. The number of hydrogen-bond acceptors (Lipinski definition) is 3. The molecule has 0 aliphatic carbocycles. The van der Waals surface area contributed by atoms with E-state index in [9.17, 15) is 9.90 Å². The molecule has 0 unspecified atom stereocenters. The minimum absolute atomic E-state index is 0.0225. The first kappa shape index (κ1) is 10.0. The lowest BCUT2D eigenvalue weighted by atomic mass is 9.97. The number of ether oxygens (including phenoxy) is 1. The highest BCUT2D eigenvalue weighted by molar-refractivity contribution is 6.00. The van der Waals surface area contributed by atoms with Crippen LogP contribution in [0.4, 0.5) is 0 Å². The second kappa shape index (κ2) is 3.57. The van der Waals surface area contributed by atoms with Gasteiger partial charge in [0.15, 0.2) is 5.78 Å². The molecule has 0 spiro atoms. The minimum Gasteiger partial charge on any atom is -0.507 e. The molecule has 80 valence electrons. The molecule has 0 saturated carbocycles. The second-order valence-electron chi connectivity index (χ2n) is 4.09. The van der Waals surface area contributed by atoms with Gasteiger partial charge in [-0.15, -0.1) is 0 Å². The molecule has 0 bridgehead atoms. The lowest BCUT2D eigenvalue weighted by molar-refractivity contribution is 0.0936. The molecule has 1 aromatic carbocycles. The van der Waals surface area contributed by atoms with Gasteiger partial charge in [0.1, 0.15) is 11.5 Å². The zero-order chi connectivity index (χ0) is 11.0. The molecule has 0 atom stereocenters. The summed E-state index contributed by atoms with van der Waals surface area (Å²) in [5.41, 5.74) is 1.42. The smallest absolute Gasteiger partial charge is 0.169 e. The van der Waals surface area contributed by atoms with Crippen LogP contribution in [0.5, 0.6) is 11.5 Å². The molecular formula is C12H14O3. The first-order valence-corrected chi connectivity index (χ1v) is 5.12. The van der Waals surface area contributed by atoms with Gasteiger partial charge in [-0.3, -0.25) is 4.79 Å². The van der Waals surface area contributed by atoms with Crippen LogP contribution in [0.25, 0.3) is 0 Å². The molecule has 0 saturated heterocycles. The third-order valence-electron chi connectivity index (χ3n) is 2.60. The van der Waals surface area contributed by atoms with Crippen molar-refractivity contribution in [2.24, 2.45) is 5.92 Å². The number of fused-ring (bicyclic) bond motifs is 1. The molecule has 1 N–H and O–H groups in total. The van der Waals surface area contributed by atoms with Gasteiger partial charge in [0, 0.05) is 18.4 Å². The Morgan fingerprint density at radius 1 is 1.47 bits per heavy atom. The third kappa shape index (κ3) is 1.69. The zero-order valence-electron chi connectivity index (χ0n) is 8.91. The van der Waals surface area contributed by atoms with Crippen LogP contribution in [0.1, 0.15) is 29.8 Å². The molecule has 1 aliphatic rings. The number of Topliss-reactive ketones (excluding diaryl/α,β-unsaturated/α-hetero) is 1. The molecule has 0 aromatic heterocycles. The molecule has 1 heterocycles. The van der Waals surface area contributed by atoms with Crippen LogP contribution < -0.4 is 4.74 Å². The quantitative estimate of drug-likeness (QED) is 0.754. The Balaban J connectivity index is 2.45. The number of carbonyl (C=O) groups excluding carboxylic acids is 1. The Morgan fingerprint density at radius 3 is 2.87 bits per heavy atom. The summed E-state index contributed by atoms with van der Waals surface area (Å²) in [5, 5.41) is 9.69. The van der Waals surface area contributed by atoms with Crippen LogP contribution >= 0.6 is 0 Å². The van der Waals surface area contributed by atoms with Gasteiger partial charge in [0.2, 0.25) is 0 Å². The monoisotopic (exact) mass is 206 g/mol. The summed E-state index contributed by atoms with van der Waals surface area (Å²) in [6.45, 7) is 4.28. The maximum atomic E-state index is 11.8. The van der Waals surface area contributed by atoms with E-state index < -0.39 is 0 Å². The van der Waals surface area contributed by atoms with Crippen molar-refractivity contribution in [3.63, 3.8) is 0 Å². The van der Waals surface area contributed by atoms with Crippen LogP contribution in [0, 0.1) is 5.92 Å². The summed E-state index contributed by atoms with van der Waals surface area (Å²) in [5.74, 6) is 0.598. The SMILES string of the molecule is CC(C)C(=O)c1cc2c(cc1O)OCC2. The van der Waals surface area contributed by atoms with Crippen molar-refractivity contribution in [1.29, 1.82) is 0 Å². The van der Waals surface area contributed by atoms with Crippen LogP contribution in [-0.2, 0) is 6.42 Å². The van der Waals surface area contributed by atoms with E-state index in [2.05, 4.69) is 0 Å². The van der Waals surface area contributed by atoms with Crippen LogP contribution in [0.15, 0.2) is 12.1 Å². The van der Waals surface area contributed by atoms with Gasteiger partial charge in [-0.05, 0) is 11.6 Å². The average Bonchev–Trinajstić information content (AvgIpc) is 2.62. The maximum absolute atomic E-state index is 11.8. The van der Waals surface area contributed by atoms with Gasteiger partial charge >= 0.3 is 0 Å². The van der Waals surface area contributed by atoms with Crippen molar-refractivity contribution in [3.8, 4) is 11.5 Å². The van der Waals surface area contributed by atoms with E-state index in [-0.39, 0.29) is 17.5 Å². The number of phenols is 1. The van der Waals surface area contributed by atoms with Gasteiger partial charge in [-0.1, -0.05) is 13.8 Å². The number of phenolic OH excluding ortho intramolecular Hbond substituents is 1. The summed E-state index contributed by atoms with van der Waals surface area (Å²) < 4.78 is 5.30. The normalized spacial score (nSPS) is 13.8. The van der Waals surface area contributed by atoms with E-state index >= 15 is 0 Å². The third-order valence-corrected chi connectivity index (χ3v) is 2.60. The lowest BCUT2D eigenvalue weighted by Crippen LogP contribution is -2.07. The van der Waals surface area contributed by atoms with E-state index in [1.54, 1.807) is 6.07 Å². The topological polar surface area (TPSA) is 46.5 Å². The number of rotatable bonds is 2. The molecule has 2 rings (SSSR count). The van der Waals surface area contributed by atoms with E-state index in [1.165, 1.54) is 6.07 Å². The fourth-order valence-electron chi connectivity index (χ4n) is 1.72. The zero-order valence-corrected chi connectivity index (χ0v) is 8.91. The molecule has 0 amide bonds. The van der Waals surface area contributed by atoms with Crippen molar-refractivity contribution in [3.05, 3.63) is 23.3 Å². The first-order valence-electron chi connectivity index (χ1n) is 5.12. The summed E-state index contributed by atoms with van der Waals surface area (Å²) in [6, 6.07) is 3.29. The first-order chi connectivity index (χ1) is 7.09. The Bertz CT molecular complexity index is 408. The Morgan fingerprint density at radius 2 is 2.20 bits per heavy atom. The van der Waals surface area contributed by atoms with Crippen molar-refractivity contribution >= 4 is 5.78 Å². The second-order valence-corrected chi connectivity index (χ2v) is 4.09. The summed E-state index contributed by atoms with van der Waals surface area (Å²) in [6.07, 6.45) is 0.813. The van der Waals surface area contributed by atoms with Crippen LogP contribution in [0.2, 0.25) is 0 Å². The van der Waals surface area contributed by atoms with Gasteiger partial charge in [0.05, 0.1) is 12.2 Å². The van der Waals surface area contributed by atoms with Gasteiger partial charge in [0.25, 0.3) is 0 Å². The summed E-state index contributed by atoms with van der Waals surface area (Å²) >= 11 is 0. The molecule has 0 radical (unpaired) electrons. The van der Waals surface area contributed by atoms with Crippen LogP contribution in [0.3, 0.4) is 0 Å². The molecule has 0 fully saturated rings. The maximum Gasteiger partial charge on any atom is 0.169 e. The number of carbonyl (C=O) groups is 1. The van der Waals surface area contributed by atoms with E-state index in [0.29, 0.717) is 17.9 Å². The number of aromatic hydroxyl groups is 1. The predicted molar refractivity (Wildman–Crippen MR) is 56.5 cm³/mol. The van der Waals surface area contributed by atoms with Gasteiger partial charge < -0.3 is 9.84 Å². The molecule has 1 aromatic rings. The predicted octanol–water partition coefficient (Wildman–Crippen LogP) is 2.17. The van der Waals surface area contributed by atoms with Gasteiger partial charge in [-0.25, -0.2) is 0 Å². The summed E-state index contributed by atoms with van der Waals surface area (Å²) in [4.78, 5) is 11.8. The van der Waals surface area contributed by atoms with Crippen LogP contribution in [-0.4, -0.2) is 17.5 Å². The average molecular weight is 206 g/mol. The Kier molecular flexibility index (Phi) is 2.39. The Labute approximate surface area is 88.7 Å². The van der Waals surface area contributed by atoms with Crippen molar-refractivity contribution < 1.29 is 14.6 Å². The molecule has 15 heavy (non-hydrogen) atoms. The van der Waals surface area contributed by atoms with E-state index in [1.807, 2.05) is 13.8 Å². The largest absolute Gasteiger partial charge is 0.507 e. The van der Waals surface area contributed by atoms with Crippen molar-refractivity contribution in [2.45, 2.75) is 20.3 Å². The highest BCUT2D eigenvalue weighted by atomic mass is 16.5. The van der Waals surface area contributed by atoms with Gasteiger partial charge in [-0.2, -0.15) is 0 Å². The molecule has 3 nitrogen and oxygen atoms in total. The molecular weight excluding hydrogens is 192 g/mol. The number of ketones is 1. The number of benzene rings is 1. The highest BCUT2D eigenvalue weighted by Gasteiger charge is 2.20. The Hall–Kier alpha value is -1.51. The highest BCUT2D eigenvalue weighted by Crippen LogP contribution is 2.33. The number of hydrogen-bond donors (Lipinski definition) is 1. The molecule has 3 heteroatoms. The van der Waals surface area contributed by atoms with E-state index in [4.69, 9.17) is 4.74 Å². The fourth-order valence-corrected chi connectivity index (χ4v) is 1.72. The minimum atomic E-state index is -0.101. The fraction of sp³-hybridized carbons (Fsp3) is 0.417. The van der Waals surface area contributed by atoms with E-state index in [0.717, 1.165) is 12.0 Å². The van der Waals surface area contributed by atoms with Crippen molar-refractivity contribution in [2.75, 3.05) is 6.61 Å². The standard InChI is InChI=1S/C12H14O3/c1-7(2)12(14)9-5-8-3-4-15-11(8)6-10(9)13/h5-7,13H,3-4H2,1-2H3. The van der Waals surface area contributed by atoms with Crippen molar-refractivity contribution in [1.82, 2.24) is 0 Å². The lowest BCUT2D eigenvalue weighted by Gasteiger charge is -2.08.